The molecular formula is C19H27ClO. The second kappa shape index (κ2) is 7.98. The molecule has 0 radical (unpaired) electrons. The summed E-state index contributed by atoms with van der Waals surface area (Å²) >= 11 is 6.24. The maximum Gasteiger partial charge on any atom is 0.140 e. The molecule has 0 heterocycles. The Labute approximate surface area is 134 Å². The zero-order valence-electron chi connectivity index (χ0n) is 13.3. The van der Waals surface area contributed by atoms with E-state index >= 15 is 0 Å². The summed E-state index contributed by atoms with van der Waals surface area (Å²) in [6.07, 6.45) is 9.10. The highest BCUT2D eigenvalue weighted by molar-refractivity contribution is 6.31. The summed E-state index contributed by atoms with van der Waals surface area (Å²) < 4.78 is 0. The van der Waals surface area contributed by atoms with Gasteiger partial charge in [0.2, 0.25) is 0 Å². The van der Waals surface area contributed by atoms with Crippen LogP contribution in [-0.2, 0) is 11.2 Å². The van der Waals surface area contributed by atoms with Gasteiger partial charge in [0, 0.05) is 17.4 Å². The molecule has 1 aliphatic carbocycles. The smallest absolute Gasteiger partial charge is 0.140 e. The first kappa shape index (κ1) is 16.5. The standard InChI is InChI=1S/C19H27ClO/c1-3-4-5-15-7-10-16(11-8-15)19(21)13-17-9-6-14(2)12-18(17)20/h6,9,12,15-16H,3-5,7-8,10-11,13H2,1-2H3. The Morgan fingerprint density at radius 1 is 1.24 bits per heavy atom. The minimum atomic E-state index is 0.264. The van der Waals surface area contributed by atoms with Gasteiger partial charge in [-0.3, -0.25) is 4.79 Å². The number of benzene rings is 1. The normalized spacial score (nSPS) is 22.2. The van der Waals surface area contributed by atoms with Crippen molar-refractivity contribution in [3.63, 3.8) is 0 Å². The molecule has 0 amide bonds. The van der Waals surface area contributed by atoms with E-state index in [1.807, 2.05) is 25.1 Å². The van der Waals surface area contributed by atoms with E-state index in [1.54, 1.807) is 0 Å². The monoisotopic (exact) mass is 306 g/mol. The summed E-state index contributed by atoms with van der Waals surface area (Å²) in [5.41, 5.74) is 2.13. The Morgan fingerprint density at radius 2 is 1.95 bits per heavy atom. The first-order chi connectivity index (χ1) is 10.1. The molecule has 1 aromatic carbocycles. The van der Waals surface area contributed by atoms with Gasteiger partial charge >= 0.3 is 0 Å². The number of unbranched alkanes of at least 4 members (excludes halogenated alkanes) is 1. The van der Waals surface area contributed by atoms with Gasteiger partial charge in [-0.15, -0.1) is 0 Å². The van der Waals surface area contributed by atoms with Crippen LogP contribution in [0.1, 0.15) is 63.0 Å². The van der Waals surface area contributed by atoms with Crippen LogP contribution in [0.5, 0.6) is 0 Å². The molecule has 0 bridgehead atoms. The van der Waals surface area contributed by atoms with Crippen molar-refractivity contribution in [2.24, 2.45) is 11.8 Å². The minimum absolute atomic E-state index is 0.264. The van der Waals surface area contributed by atoms with E-state index in [2.05, 4.69) is 6.92 Å². The van der Waals surface area contributed by atoms with Crippen molar-refractivity contribution >= 4 is 17.4 Å². The zero-order valence-corrected chi connectivity index (χ0v) is 14.1. The summed E-state index contributed by atoms with van der Waals surface area (Å²) in [6, 6.07) is 5.99. The van der Waals surface area contributed by atoms with E-state index < -0.39 is 0 Å². The Kier molecular flexibility index (Phi) is 6.29. The van der Waals surface area contributed by atoms with Crippen LogP contribution in [0.2, 0.25) is 5.02 Å². The maximum absolute atomic E-state index is 12.5. The van der Waals surface area contributed by atoms with E-state index in [1.165, 1.54) is 32.1 Å². The molecule has 2 rings (SSSR count). The van der Waals surface area contributed by atoms with Gasteiger partial charge in [0.25, 0.3) is 0 Å². The first-order valence-corrected chi connectivity index (χ1v) is 8.75. The third-order valence-corrected chi connectivity index (χ3v) is 5.19. The molecule has 1 saturated carbocycles. The lowest BCUT2D eigenvalue weighted by Gasteiger charge is -2.27. The number of carbonyl (C=O) groups excluding carboxylic acids is 1. The Balaban J connectivity index is 1.84. The predicted octanol–water partition coefficient (Wildman–Crippen LogP) is 5.76. The van der Waals surface area contributed by atoms with Crippen LogP contribution >= 0.6 is 11.6 Å². The SMILES string of the molecule is CCCCC1CCC(C(=O)Cc2ccc(C)cc2Cl)CC1. The quantitative estimate of drug-likeness (QED) is 0.653. The first-order valence-electron chi connectivity index (χ1n) is 8.38. The Morgan fingerprint density at radius 3 is 2.57 bits per heavy atom. The van der Waals surface area contributed by atoms with Crippen molar-refractivity contribution in [1.82, 2.24) is 0 Å². The number of Topliss-reactive ketones (excluding diaryl/α,β-unsaturated/α-hetero) is 1. The third kappa shape index (κ3) is 4.85. The minimum Gasteiger partial charge on any atom is -0.299 e. The summed E-state index contributed by atoms with van der Waals surface area (Å²) in [5.74, 6) is 1.51. The summed E-state index contributed by atoms with van der Waals surface area (Å²) in [7, 11) is 0. The lowest BCUT2D eigenvalue weighted by molar-refractivity contribution is -0.123. The highest BCUT2D eigenvalue weighted by Gasteiger charge is 2.26. The topological polar surface area (TPSA) is 17.1 Å². The van der Waals surface area contributed by atoms with Gasteiger partial charge in [0.1, 0.15) is 5.78 Å². The highest BCUT2D eigenvalue weighted by atomic mass is 35.5. The summed E-state index contributed by atoms with van der Waals surface area (Å²) in [6.45, 7) is 4.27. The molecule has 116 valence electrons. The molecule has 0 N–H and O–H groups in total. The van der Waals surface area contributed by atoms with Crippen molar-refractivity contribution < 1.29 is 4.79 Å². The van der Waals surface area contributed by atoms with Gasteiger partial charge in [-0.05, 0) is 55.7 Å². The van der Waals surface area contributed by atoms with Crippen LogP contribution < -0.4 is 0 Å². The molecule has 0 unspecified atom stereocenters. The highest BCUT2D eigenvalue weighted by Crippen LogP contribution is 2.33. The van der Waals surface area contributed by atoms with Gasteiger partial charge in [-0.1, -0.05) is 49.9 Å². The molecule has 0 aliphatic heterocycles. The summed E-state index contributed by atoms with van der Waals surface area (Å²) in [4.78, 5) is 12.5. The number of hydrogen-bond donors (Lipinski definition) is 0. The van der Waals surface area contributed by atoms with E-state index in [0.717, 1.165) is 34.9 Å². The molecule has 0 saturated heterocycles. The largest absolute Gasteiger partial charge is 0.299 e. The molecule has 0 spiro atoms. The second-order valence-electron chi connectivity index (χ2n) is 6.60. The number of rotatable bonds is 6. The Bertz CT molecular complexity index is 472. The van der Waals surface area contributed by atoms with Gasteiger partial charge in [-0.25, -0.2) is 0 Å². The molecule has 1 fully saturated rings. The van der Waals surface area contributed by atoms with Gasteiger partial charge in [-0.2, -0.15) is 0 Å². The number of halogens is 1. The number of ketones is 1. The average molecular weight is 307 g/mol. The molecule has 2 heteroatoms. The predicted molar refractivity (Wildman–Crippen MR) is 89.9 cm³/mol. The van der Waals surface area contributed by atoms with Crippen molar-refractivity contribution in [2.45, 2.75) is 65.2 Å². The maximum atomic E-state index is 12.5. The number of aryl methyl sites for hydroxylation is 1. The van der Waals surface area contributed by atoms with Gasteiger partial charge in [0.05, 0.1) is 0 Å². The van der Waals surface area contributed by atoms with Crippen molar-refractivity contribution in [2.75, 3.05) is 0 Å². The van der Waals surface area contributed by atoms with Crippen molar-refractivity contribution in [1.29, 1.82) is 0 Å². The third-order valence-electron chi connectivity index (χ3n) is 4.84. The van der Waals surface area contributed by atoms with Crippen LogP contribution in [0, 0.1) is 18.8 Å². The summed E-state index contributed by atoms with van der Waals surface area (Å²) in [5, 5.41) is 0.736. The molecule has 1 aliphatic rings. The lowest BCUT2D eigenvalue weighted by atomic mass is 9.77. The fourth-order valence-electron chi connectivity index (χ4n) is 3.39. The van der Waals surface area contributed by atoms with Crippen LogP contribution in [0.4, 0.5) is 0 Å². The molecule has 1 aromatic rings. The molecule has 0 aromatic heterocycles. The fraction of sp³-hybridized carbons (Fsp3) is 0.632. The van der Waals surface area contributed by atoms with E-state index in [-0.39, 0.29) is 5.92 Å². The van der Waals surface area contributed by atoms with Crippen LogP contribution in [0.25, 0.3) is 0 Å². The fourth-order valence-corrected chi connectivity index (χ4v) is 3.70. The molecular weight excluding hydrogens is 280 g/mol. The van der Waals surface area contributed by atoms with Crippen molar-refractivity contribution in [3.05, 3.63) is 34.3 Å². The zero-order chi connectivity index (χ0) is 15.2. The van der Waals surface area contributed by atoms with Crippen LogP contribution in [0.15, 0.2) is 18.2 Å². The Hall–Kier alpha value is -0.820. The molecule has 21 heavy (non-hydrogen) atoms. The lowest BCUT2D eigenvalue weighted by Crippen LogP contribution is -2.23. The van der Waals surface area contributed by atoms with E-state index in [4.69, 9.17) is 11.6 Å². The number of hydrogen-bond acceptors (Lipinski definition) is 1. The van der Waals surface area contributed by atoms with Crippen LogP contribution in [0.3, 0.4) is 0 Å². The average Bonchev–Trinajstić information content (AvgIpc) is 2.48. The molecule has 1 nitrogen and oxygen atoms in total. The number of carbonyl (C=O) groups is 1. The van der Waals surface area contributed by atoms with Crippen LogP contribution in [-0.4, -0.2) is 5.78 Å². The van der Waals surface area contributed by atoms with E-state index in [9.17, 15) is 4.79 Å². The van der Waals surface area contributed by atoms with Crippen molar-refractivity contribution in [3.8, 4) is 0 Å². The molecule has 0 atom stereocenters. The van der Waals surface area contributed by atoms with Gasteiger partial charge < -0.3 is 0 Å². The van der Waals surface area contributed by atoms with E-state index in [0.29, 0.717) is 12.2 Å². The second-order valence-corrected chi connectivity index (χ2v) is 7.01. The van der Waals surface area contributed by atoms with Gasteiger partial charge in [0.15, 0.2) is 0 Å².